The summed E-state index contributed by atoms with van der Waals surface area (Å²) in [5, 5.41) is 25.9. The lowest BCUT2D eigenvalue weighted by Gasteiger charge is -2.55. The largest absolute Gasteiger partial charge is 0.393 e. The Morgan fingerprint density at radius 2 is 1.75 bits per heavy atom. The van der Waals surface area contributed by atoms with Crippen LogP contribution in [-0.2, 0) is 9.59 Å². The molecular weight excluding hydrogens is 489 g/mol. The highest BCUT2D eigenvalue weighted by Gasteiger charge is 2.55. The molecule has 3 aliphatic carbocycles. The van der Waals surface area contributed by atoms with Gasteiger partial charge in [0.15, 0.2) is 0 Å². The van der Waals surface area contributed by atoms with Crippen molar-refractivity contribution in [1.29, 1.82) is 0 Å². The van der Waals surface area contributed by atoms with Gasteiger partial charge in [0.25, 0.3) is 5.91 Å². The van der Waals surface area contributed by atoms with Crippen LogP contribution in [0.2, 0.25) is 0 Å². The quantitative estimate of drug-likeness (QED) is 0.160. The summed E-state index contributed by atoms with van der Waals surface area (Å²) >= 11 is 7.03. The van der Waals surface area contributed by atoms with E-state index in [4.69, 9.17) is 16.8 Å². The van der Waals surface area contributed by atoms with Crippen LogP contribution in [0, 0.1) is 29.6 Å². The minimum atomic E-state index is -1.06. The lowest BCUT2D eigenvalue weighted by atomic mass is 9.57. The number of nitrogens with one attached hydrogen (secondary N) is 3. The molecule has 5 rings (SSSR count). The number of fused-ring (bicyclic) bond motifs is 2. The fourth-order valence-corrected chi connectivity index (χ4v) is 8.70. The monoisotopic (exact) mass is 529 g/mol. The standard InChI is InChI=1S/C25H41ClFN5O4/c26-19-11-18-24(23(27)22(19)17-10-15(33)9-14-3-1-2-4-16(14)17)28-13-29-25(18)32-7-5-31(6-8-32)21(35)12-20(34)30-36/h14-19,22-25,28-29,33,36H,1-13H2,(H,30,34). The predicted molar refractivity (Wildman–Crippen MR) is 132 cm³/mol. The summed E-state index contributed by atoms with van der Waals surface area (Å²) in [6, 6.07) is -0.287. The van der Waals surface area contributed by atoms with Gasteiger partial charge < -0.3 is 10.0 Å². The predicted octanol–water partition coefficient (Wildman–Crippen LogP) is 1.03. The molecular formula is C25H41ClFN5O4. The summed E-state index contributed by atoms with van der Waals surface area (Å²) in [6.07, 6.45) is 5.09. The van der Waals surface area contributed by atoms with E-state index in [0.29, 0.717) is 57.5 Å². The van der Waals surface area contributed by atoms with Crippen LogP contribution < -0.4 is 16.1 Å². The molecule has 0 aromatic carbocycles. The summed E-state index contributed by atoms with van der Waals surface area (Å²) in [5.41, 5.74) is 1.50. The summed E-state index contributed by atoms with van der Waals surface area (Å²) < 4.78 is 16.4. The van der Waals surface area contributed by atoms with E-state index in [0.717, 1.165) is 19.3 Å². The third-order valence-electron chi connectivity index (χ3n) is 9.77. The molecule has 0 bridgehead atoms. The number of hydrogen-bond donors (Lipinski definition) is 5. The Balaban J connectivity index is 1.24. The highest BCUT2D eigenvalue weighted by Crippen LogP contribution is 2.52. The van der Waals surface area contributed by atoms with Crippen LogP contribution in [0.3, 0.4) is 0 Å². The number of aliphatic hydroxyl groups excluding tert-OH is 1. The number of aliphatic hydroxyl groups is 1. The molecule has 0 aromatic heterocycles. The molecule has 5 aliphatic rings. The number of carbonyl (C=O) groups is 2. The van der Waals surface area contributed by atoms with E-state index in [9.17, 15) is 14.7 Å². The second kappa shape index (κ2) is 11.4. The summed E-state index contributed by atoms with van der Waals surface area (Å²) in [6.45, 7) is 2.73. The van der Waals surface area contributed by atoms with Gasteiger partial charge in [0.1, 0.15) is 12.6 Å². The van der Waals surface area contributed by atoms with E-state index in [1.807, 2.05) is 0 Å². The second-order valence-electron chi connectivity index (χ2n) is 11.6. The first kappa shape index (κ1) is 26.6. The SMILES string of the molecule is O=C(CC(=O)N1CCN(C2NCNC3C(F)C(C4CC(O)CC5CCCCC54)C(Cl)CC32)CC1)NO. The van der Waals surface area contributed by atoms with Crippen molar-refractivity contribution in [1.82, 2.24) is 25.9 Å². The average molecular weight is 530 g/mol. The molecule has 204 valence electrons. The molecule has 2 heterocycles. The first-order chi connectivity index (χ1) is 17.4. The first-order valence-corrected chi connectivity index (χ1v) is 14.2. The smallest absolute Gasteiger partial charge is 0.252 e. The van der Waals surface area contributed by atoms with E-state index >= 15 is 4.39 Å². The highest BCUT2D eigenvalue weighted by molar-refractivity contribution is 6.21. The summed E-state index contributed by atoms with van der Waals surface area (Å²) in [5.74, 6) is -0.153. The van der Waals surface area contributed by atoms with Gasteiger partial charge in [-0.2, -0.15) is 0 Å². The van der Waals surface area contributed by atoms with Crippen LogP contribution in [0.1, 0.15) is 51.4 Å². The van der Waals surface area contributed by atoms with Crippen molar-refractivity contribution in [2.24, 2.45) is 29.6 Å². The molecule has 9 nitrogen and oxygen atoms in total. The van der Waals surface area contributed by atoms with Gasteiger partial charge in [-0.05, 0) is 43.4 Å². The number of carbonyl (C=O) groups excluding carboxylic acids is 2. The lowest BCUT2D eigenvalue weighted by molar-refractivity contribution is -0.141. The fourth-order valence-electron chi connectivity index (χ4n) is 8.17. The molecule has 11 heteroatoms. The Labute approximate surface area is 217 Å². The zero-order valence-electron chi connectivity index (χ0n) is 20.8. The Morgan fingerprint density at radius 3 is 2.50 bits per heavy atom. The Hall–Kier alpha value is -1.04. The van der Waals surface area contributed by atoms with Crippen molar-refractivity contribution in [3.63, 3.8) is 0 Å². The van der Waals surface area contributed by atoms with Gasteiger partial charge in [0.05, 0.1) is 12.3 Å². The third kappa shape index (κ3) is 5.27. The van der Waals surface area contributed by atoms with E-state index in [2.05, 4.69) is 15.5 Å². The number of alkyl halides is 2. The minimum absolute atomic E-state index is 0.00517. The number of hydroxylamine groups is 1. The van der Waals surface area contributed by atoms with E-state index in [1.54, 1.807) is 4.90 Å². The van der Waals surface area contributed by atoms with Crippen LogP contribution in [0.4, 0.5) is 4.39 Å². The molecule has 2 amide bonds. The Morgan fingerprint density at radius 1 is 1.00 bits per heavy atom. The van der Waals surface area contributed by atoms with Gasteiger partial charge in [0.2, 0.25) is 5.91 Å². The van der Waals surface area contributed by atoms with Gasteiger partial charge in [-0.3, -0.25) is 30.3 Å². The van der Waals surface area contributed by atoms with Gasteiger partial charge in [0, 0.05) is 56.1 Å². The van der Waals surface area contributed by atoms with E-state index in [1.165, 1.54) is 18.3 Å². The zero-order chi connectivity index (χ0) is 25.4. The highest BCUT2D eigenvalue weighted by atomic mass is 35.5. The maximum atomic E-state index is 16.4. The van der Waals surface area contributed by atoms with Crippen molar-refractivity contribution in [3.05, 3.63) is 0 Å². The van der Waals surface area contributed by atoms with Gasteiger partial charge in [-0.25, -0.2) is 9.87 Å². The molecule has 10 atom stereocenters. The fraction of sp³-hybridized carbons (Fsp3) is 0.920. The van der Waals surface area contributed by atoms with Crippen LogP contribution in [0.15, 0.2) is 0 Å². The van der Waals surface area contributed by atoms with E-state index < -0.39 is 12.1 Å². The molecule has 2 saturated heterocycles. The van der Waals surface area contributed by atoms with E-state index in [-0.39, 0.29) is 53.8 Å². The molecule has 5 fully saturated rings. The number of rotatable bonds is 4. The number of nitrogens with zero attached hydrogens (tertiary/aromatic N) is 2. The topological polar surface area (TPSA) is 117 Å². The van der Waals surface area contributed by atoms with Crippen LogP contribution in [0.5, 0.6) is 0 Å². The number of halogens is 2. The molecule has 36 heavy (non-hydrogen) atoms. The van der Waals surface area contributed by atoms with Gasteiger partial charge >= 0.3 is 0 Å². The van der Waals surface area contributed by atoms with Crippen LogP contribution in [0.25, 0.3) is 0 Å². The van der Waals surface area contributed by atoms with Crippen LogP contribution in [-0.4, -0.2) is 94.6 Å². The van der Waals surface area contributed by atoms with Crippen molar-refractivity contribution < 1.29 is 24.3 Å². The number of hydrogen-bond acceptors (Lipinski definition) is 7. The van der Waals surface area contributed by atoms with Crippen molar-refractivity contribution >= 4 is 23.4 Å². The average Bonchev–Trinajstić information content (AvgIpc) is 2.88. The zero-order valence-corrected chi connectivity index (χ0v) is 21.6. The molecule has 0 spiro atoms. The molecule has 2 aliphatic heterocycles. The van der Waals surface area contributed by atoms with Crippen LogP contribution >= 0.6 is 11.6 Å². The van der Waals surface area contributed by atoms with Crippen molar-refractivity contribution in [2.75, 3.05) is 32.8 Å². The Kier molecular flexibility index (Phi) is 8.39. The number of piperazine rings is 1. The molecule has 10 unspecified atom stereocenters. The molecule has 3 saturated carbocycles. The maximum Gasteiger partial charge on any atom is 0.252 e. The maximum absolute atomic E-state index is 16.4. The lowest BCUT2D eigenvalue weighted by Crippen LogP contribution is -2.71. The second-order valence-corrected chi connectivity index (χ2v) is 12.2. The number of amides is 2. The van der Waals surface area contributed by atoms with Gasteiger partial charge in [-0.1, -0.05) is 19.3 Å². The molecule has 0 radical (unpaired) electrons. The van der Waals surface area contributed by atoms with Gasteiger partial charge in [-0.15, -0.1) is 11.6 Å². The first-order valence-electron chi connectivity index (χ1n) is 13.7. The third-order valence-corrected chi connectivity index (χ3v) is 10.2. The minimum Gasteiger partial charge on any atom is -0.393 e. The molecule has 0 aromatic rings. The summed E-state index contributed by atoms with van der Waals surface area (Å²) in [4.78, 5) is 27.5. The van der Waals surface area contributed by atoms with Crippen molar-refractivity contribution in [3.8, 4) is 0 Å². The van der Waals surface area contributed by atoms with Crippen molar-refractivity contribution in [2.45, 2.75) is 81.2 Å². The Bertz CT molecular complexity index is 802. The normalized spacial score (nSPS) is 43.8. The molecule has 5 N–H and O–H groups in total. The summed E-state index contributed by atoms with van der Waals surface area (Å²) in [7, 11) is 0.